The average molecular weight is 494 g/mol. The SMILES string of the molecule is O=C(CN1CC(C(=O)N2CCCCC2)Oc2ccccc21)Nc1ccccc1S(=O)(=O)C(F)F. The van der Waals surface area contributed by atoms with Crippen LogP contribution in [0.25, 0.3) is 0 Å². The number of nitrogens with zero attached hydrogens (tertiary/aromatic N) is 2. The number of para-hydroxylation sites is 3. The molecule has 8 nitrogen and oxygen atoms in total. The minimum atomic E-state index is -4.90. The summed E-state index contributed by atoms with van der Waals surface area (Å²) in [6, 6.07) is 12.0. The number of carbonyl (C=O) groups excluding carboxylic acids is 2. The summed E-state index contributed by atoms with van der Waals surface area (Å²) >= 11 is 0. The van der Waals surface area contributed by atoms with Gasteiger partial charge in [0.25, 0.3) is 5.91 Å². The molecule has 2 aromatic rings. The number of rotatable bonds is 6. The molecule has 0 spiro atoms. The lowest BCUT2D eigenvalue weighted by molar-refractivity contribution is -0.139. The zero-order chi connectivity index (χ0) is 24.3. The van der Waals surface area contributed by atoms with E-state index in [1.807, 2.05) is 0 Å². The Labute approximate surface area is 196 Å². The first kappa shape index (κ1) is 23.9. The standard InChI is InChI=1S/C23H25F2N3O5S/c24-23(25)34(31,32)20-11-5-2-8-16(20)26-21(29)15-28-14-19(22(30)27-12-6-1-7-13-27)33-18-10-4-3-9-17(18)28/h2-5,8-11,19,23H,1,6-7,12-15H2,(H,26,29). The fourth-order valence-electron chi connectivity index (χ4n) is 4.18. The topological polar surface area (TPSA) is 96.0 Å². The Bertz CT molecular complexity index is 1170. The molecule has 4 rings (SSSR count). The van der Waals surface area contributed by atoms with Crippen molar-refractivity contribution >= 4 is 33.0 Å². The van der Waals surface area contributed by atoms with Crippen LogP contribution in [0, 0.1) is 0 Å². The predicted octanol–water partition coefficient (Wildman–Crippen LogP) is 2.90. The number of halogens is 2. The molecule has 0 aliphatic carbocycles. The maximum atomic E-state index is 13.1. The minimum absolute atomic E-state index is 0.122. The second-order valence-corrected chi connectivity index (χ2v) is 10.1. The smallest absolute Gasteiger partial charge is 0.341 e. The van der Waals surface area contributed by atoms with Gasteiger partial charge < -0.3 is 19.9 Å². The number of amides is 2. The maximum Gasteiger partial charge on any atom is 0.341 e. The summed E-state index contributed by atoms with van der Waals surface area (Å²) in [5.41, 5.74) is 0.379. The molecule has 182 valence electrons. The van der Waals surface area contributed by atoms with Gasteiger partial charge in [0.05, 0.1) is 29.4 Å². The third-order valence-corrected chi connectivity index (χ3v) is 7.28. The molecule has 1 atom stereocenters. The molecule has 11 heteroatoms. The highest BCUT2D eigenvalue weighted by Crippen LogP contribution is 2.34. The van der Waals surface area contributed by atoms with Crippen LogP contribution in [-0.4, -0.2) is 63.2 Å². The van der Waals surface area contributed by atoms with E-state index in [0.717, 1.165) is 25.3 Å². The van der Waals surface area contributed by atoms with Gasteiger partial charge in [0, 0.05) is 13.1 Å². The molecule has 2 amide bonds. The molecular formula is C23H25F2N3O5S. The van der Waals surface area contributed by atoms with Crippen LogP contribution < -0.4 is 15.0 Å². The summed E-state index contributed by atoms with van der Waals surface area (Å²) in [7, 11) is -4.90. The monoisotopic (exact) mass is 493 g/mol. The Morgan fingerprint density at radius 3 is 2.44 bits per heavy atom. The second-order valence-electron chi connectivity index (χ2n) is 8.19. The van der Waals surface area contributed by atoms with E-state index < -0.39 is 32.5 Å². The van der Waals surface area contributed by atoms with Crippen LogP contribution in [0.3, 0.4) is 0 Å². The van der Waals surface area contributed by atoms with E-state index in [9.17, 15) is 26.8 Å². The van der Waals surface area contributed by atoms with Crippen LogP contribution in [0.4, 0.5) is 20.2 Å². The van der Waals surface area contributed by atoms with Gasteiger partial charge in [-0.3, -0.25) is 9.59 Å². The molecular weight excluding hydrogens is 468 g/mol. The Hall–Kier alpha value is -3.21. The van der Waals surface area contributed by atoms with E-state index in [2.05, 4.69) is 5.32 Å². The van der Waals surface area contributed by atoms with Crippen LogP contribution in [-0.2, 0) is 19.4 Å². The number of hydrogen-bond donors (Lipinski definition) is 1. The number of fused-ring (bicyclic) bond motifs is 1. The first-order valence-corrected chi connectivity index (χ1v) is 12.5. The summed E-state index contributed by atoms with van der Waals surface area (Å²) in [4.78, 5) is 28.7. The third-order valence-electron chi connectivity index (χ3n) is 5.84. The quantitative estimate of drug-likeness (QED) is 0.665. The number of nitrogens with one attached hydrogen (secondary N) is 1. The summed E-state index contributed by atoms with van der Waals surface area (Å²) in [5.74, 6) is -3.92. The highest BCUT2D eigenvalue weighted by molar-refractivity contribution is 7.91. The molecule has 2 aromatic carbocycles. The largest absolute Gasteiger partial charge is 0.477 e. The first-order chi connectivity index (χ1) is 16.3. The van der Waals surface area contributed by atoms with Gasteiger partial charge in [-0.1, -0.05) is 24.3 Å². The van der Waals surface area contributed by atoms with Gasteiger partial charge in [-0.25, -0.2) is 8.42 Å². The average Bonchev–Trinajstić information content (AvgIpc) is 2.84. The zero-order valence-corrected chi connectivity index (χ0v) is 19.1. The first-order valence-electron chi connectivity index (χ1n) is 11.0. The van der Waals surface area contributed by atoms with Crippen LogP contribution in [0.1, 0.15) is 19.3 Å². The molecule has 34 heavy (non-hydrogen) atoms. The van der Waals surface area contributed by atoms with E-state index in [1.165, 1.54) is 18.2 Å². The molecule has 2 aliphatic heterocycles. The molecule has 1 N–H and O–H groups in total. The molecule has 1 fully saturated rings. The highest BCUT2D eigenvalue weighted by Gasteiger charge is 2.35. The van der Waals surface area contributed by atoms with Crippen molar-refractivity contribution in [2.24, 2.45) is 0 Å². The van der Waals surface area contributed by atoms with Gasteiger partial charge in [-0.05, 0) is 43.5 Å². The lowest BCUT2D eigenvalue weighted by Crippen LogP contribution is -2.52. The van der Waals surface area contributed by atoms with Crippen molar-refractivity contribution in [3.63, 3.8) is 0 Å². The van der Waals surface area contributed by atoms with Crippen molar-refractivity contribution in [3.05, 3.63) is 48.5 Å². The fraction of sp³-hybridized carbons (Fsp3) is 0.391. The lowest BCUT2D eigenvalue weighted by atomic mass is 10.1. The van der Waals surface area contributed by atoms with Crippen molar-refractivity contribution in [1.29, 1.82) is 0 Å². The number of benzene rings is 2. The number of piperidine rings is 1. The van der Waals surface area contributed by atoms with E-state index in [4.69, 9.17) is 4.74 Å². The van der Waals surface area contributed by atoms with Gasteiger partial charge in [-0.15, -0.1) is 0 Å². The van der Waals surface area contributed by atoms with Crippen molar-refractivity contribution < 1.29 is 31.5 Å². The van der Waals surface area contributed by atoms with Crippen LogP contribution >= 0.6 is 0 Å². The van der Waals surface area contributed by atoms with Gasteiger partial charge in [0.1, 0.15) is 5.75 Å². The summed E-state index contributed by atoms with van der Waals surface area (Å²) in [6.07, 6.45) is 2.14. The Morgan fingerprint density at radius 2 is 1.71 bits per heavy atom. The van der Waals surface area contributed by atoms with Gasteiger partial charge >= 0.3 is 5.76 Å². The number of ether oxygens (including phenoxy) is 1. The molecule has 0 radical (unpaired) electrons. The number of likely N-dealkylation sites (tertiary alicyclic amines) is 1. The molecule has 2 heterocycles. The normalized spacial score (nSPS) is 18.3. The highest BCUT2D eigenvalue weighted by atomic mass is 32.2. The number of hydrogen-bond acceptors (Lipinski definition) is 6. The van der Waals surface area contributed by atoms with Crippen molar-refractivity contribution in [2.75, 3.05) is 36.4 Å². The van der Waals surface area contributed by atoms with E-state index >= 15 is 0 Å². The molecule has 2 aliphatic rings. The Kier molecular flexibility index (Phi) is 7.01. The molecule has 1 unspecified atom stereocenters. The number of sulfone groups is 1. The van der Waals surface area contributed by atoms with Crippen molar-refractivity contribution in [1.82, 2.24) is 4.90 Å². The summed E-state index contributed by atoms with van der Waals surface area (Å²) in [6.45, 7) is 1.22. The molecule has 0 bridgehead atoms. The lowest BCUT2D eigenvalue weighted by Gasteiger charge is -2.38. The number of anilines is 2. The number of carbonyl (C=O) groups is 2. The molecule has 0 aromatic heterocycles. The Morgan fingerprint density at radius 1 is 1.03 bits per heavy atom. The third kappa shape index (κ3) is 4.98. The van der Waals surface area contributed by atoms with Gasteiger partial charge in [-0.2, -0.15) is 8.78 Å². The van der Waals surface area contributed by atoms with E-state index in [0.29, 0.717) is 24.5 Å². The number of alkyl halides is 2. The fourth-order valence-corrected chi connectivity index (χ4v) is 5.07. The summed E-state index contributed by atoms with van der Waals surface area (Å²) < 4.78 is 56.0. The van der Waals surface area contributed by atoms with Crippen molar-refractivity contribution in [3.8, 4) is 5.75 Å². The van der Waals surface area contributed by atoms with Gasteiger partial charge in [0.15, 0.2) is 6.10 Å². The van der Waals surface area contributed by atoms with Crippen LogP contribution in [0.2, 0.25) is 0 Å². The summed E-state index contributed by atoms with van der Waals surface area (Å²) in [5, 5.41) is 2.43. The minimum Gasteiger partial charge on any atom is -0.477 e. The van der Waals surface area contributed by atoms with E-state index in [1.54, 1.807) is 34.1 Å². The maximum absolute atomic E-state index is 13.1. The Balaban J connectivity index is 1.53. The van der Waals surface area contributed by atoms with Crippen LogP contribution in [0.15, 0.2) is 53.4 Å². The molecule has 1 saturated heterocycles. The predicted molar refractivity (Wildman–Crippen MR) is 122 cm³/mol. The van der Waals surface area contributed by atoms with Gasteiger partial charge in [0.2, 0.25) is 15.7 Å². The van der Waals surface area contributed by atoms with E-state index in [-0.39, 0.29) is 24.7 Å². The molecule has 0 saturated carbocycles. The van der Waals surface area contributed by atoms with Crippen LogP contribution in [0.5, 0.6) is 5.75 Å². The zero-order valence-electron chi connectivity index (χ0n) is 18.3. The second kappa shape index (κ2) is 9.96. The van der Waals surface area contributed by atoms with Crippen molar-refractivity contribution in [2.45, 2.75) is 36.0 Å².